The Bertz CT molecular complexity index is 708. The van der Waals surface area contributed by atoms with E-state index in [0.717, 1.165) is 10.9 Å². The molecule has 0 saturated carbocycles. The van der Waals surface area contributed by atoms with E-state index in [-0.39, 0.29) is 30.5 Å². The van der Waals surface area contributed by atoms with Crippen molar-refractivity contribution in [1.29, 1.82) is 0 Å². The number of hydrogen-bond donors (Lipinski definition) is 3. The molecule has 3 N–H and O–H groups in total. The van der Waals surface area contributed by atoms with Crippen LogP contribution < -0.4 is 10.6 Å². The first-order valence-corrected chi connectivity index (χ1v) is 9.03. The SMILES string of the molecule is CCNC(=NCC(C)(O)c1cccs1)NCCc1ccc(F)cc1F.I. The van der Waals surface area contributed by atoms with Crippen molar-refractivity contribution in [3.8, 4) is 0 Å². The summed E-state index contributed by atoms with van der Waals surface area (Å²) in [7, 11) is 0. The van der Waals surface area contributed by atoms with Gasteiger partial charge < -0.3 is 15.7 Å². The molecule has 144 valence electrons. The summed E-state index contributed by atoms with van der Waals surface area (Å²) >= 11 is 1.48. The molecule has 1 aromatic carbocycles. The zero-order valence-electron chi connectivity index (χ0n) is 14.8. The zero-order valence-corrected chi connectivity index (χ0v) is 17.9. The van der Waals surface area contributed by atoms with Crippen LogP contribution in [-0.4, -0.2) is 30.7 Å². The Morgan fingerprint density at radius 1 is 1.27 bits per heavy atom. The second-order valence-electron chi connectivity index (χ2n) is 5.86. The molecule has 0 fully saturated rings. The van der Waals surface area contributed by atoms with Gasteiger partial charge in [-0.15, -0.1) is 35.3 Å². The van der Waals surface area contributed by atoms with Crippen LogP contribution in [0.15, 0.2) is 40.7 Å². The highest BCUT2D eigenvalue weighted by atomic mass is 127. The first-order chi connectivity index (χ1) is 11.9. The fourth-order valence-electron chi connectivity index (χ4n) is 2.28. The number of thiophene rings is 1. The number of guanidine groups is 1. The van der Waals surface area contributed by atoms with Gasteiger partial charge in [0.2, 0.25) is 0 Å². The fourth-order valence-corrected chi connectivity index (χ4v) is 3.06. The van der Waals surface area contributed by atoms with Crippen molar-refractivity contribution in [2.45, 2.75) is 25.9 Å². The summed E-state index contributed by atoms with van der Waals surface area (Å²) in [6.45, 7) is 4.97. The summed E-state index contributed by atoms with van der Waals surface area (Å²) in [5, 5.41) is 18.6. The van der Waals surface area contributed by atoms with Crippen LogP contribution >= 0.6 is 35.3 Å². The third kappa shape index (κ3) is 6.81. The molecule has 0 aliphatic rings. The minimum Gasteiger partial charge on any atom is -0.383 e. The number of aliphatic imine (C=N–C) groups is 1. The Labute approximate surface area is 173 Å². The van der Waals surface area contributed by atoms with Gasteiger partial charge in [0.05, 0.1) is 6.54 Å². The van der Waals surface area contributed by atoms with Crippen LogP contribution in [-0.2, 0) is 12.0 Å². The second-order valence-corrected chi connectivity index (χ2v) is 6.81. The minimum absolute atomic E-state index is 0. The van der Waals surface area contributed by atoms with E-state index in [0.29, 0.717) is 31.0 Å². The Morgan fingerprint density at radius 2 is 2.04 bits per heavy atom. The predicted molar refractivity (Wildman–Crippen MR) is 113 cm³/mol. The molecule has 0 bridgehead atoms. The molecule has 0 aliphatic carbocycles. The van der Waals surface area contributed by atoms with Crippen molar-refractivity contribution in [3.63, 3.8) is 0 Å². The Balaban J connectivity index is 0.00000338. The van der Waals surface area contributed by atoms with E-state index in [9.17, 15) is 13.9 Å². The molecule has 26 heavy (non-hydrogen) atoms. The van der Waals surface area contributed by atoms with E-state index in [2.05, 4.69) is 15.6 Å². The average Bonchev–Trinajstić information content (AvgIpc) is 3.10. The smallest absolute Gasteiger partial charge is 0.191 e. The van der Waals surface area contributed by atoms with Crippen LogP contribution in [0.25, 0.3) is 0 Å². The van der Waals surface area contributed by atoms with Crippen LogP contribution in [0, 0.1) is 11.6 Å². The summed E-state index contributed by atoms with van der Waals surface area (Å²) in [6, 6.07) is 7.33. The van der Waals surface area contributed by atoms with E-state index in [1.165, 1.54) is 23.5 Å². The lowest BCUT2D eigenvalue weighted by Crippen LogP contribution is -2.39. The molecule has 1 heterocycles. The molecule has 8 heteroatoms. The fraction of sp³-hybridized carbons (Fsp3) is 0.389. The van der Waals surface area contributed by atoms with E-state index >= 15 is 0 Å². The molecule has 0 amide bonds. The van der Waals surface area contributed by atoms with E-state index in [4.69, 9.17) is 0 Å². The number of nitrogens with zero attached hydrogens (tertiary/aromatic N) is 1. The van der Waals surface area contributed by atoms with Crippen LogP contribution in [0.2, 0.25) is 0 Å². The van der Waals surface area contributed by atoms with Gasteiger partial charge in [0.25, 0.3) is 0 Å². The number of benzene rings is 1. The van der Waals surface area contributed by atoms with Gasteiger partial charge in [-0.2, -0.15) is 0 Å². The van der Waals surface area contributed by atoms with E-state index in [1.54, 1.807) is 6.92 Å². The highest BCUT2D eigenvalue weighted by molar-refractivity contribution is 14.0. The van der Waals surface area contributed by atoms with Gasteiger partial charge in [-0.25, -0.2) is 13.8 Å². The molecule has 1 aromatic heterocycles. The predicted octanol–water partition coefficient (Wildman–Crippen LogP) is 3.65. The van der Waals surface area contributed by atoms with Crippen molar-refractivity contribution in [2.75, 3.05) is 19.6 Å². The molecule has 2 aromatic rings. The summed E-state index contributed by atoms with van der Waals surface area (Å²) in [5.41, 5.74) is -0.602. The first-order valence-electron chi connectivity index (χ1n) is 8.15. The normalized spacial score (nSPS) is 13.7. The minimum atomic E-state index is -1.04. The topological polar surface area (TPSA) is 56.7 Å². The maximum atomic E-state index is 13.6. The van der Waals surface area contributed by atoms with Crippen molar-refractivity contribution < 1.29 is 13.9 Å². The largest absolute Gasteiger partial charge is 0.383 e. The quantitative estimate of drug-likeness (QED) is 0.313. The summed E-state index contributed by atoms with van der Waals surface area (Å²) in [5.74, 6) is -0.592. The van der Waals surface area contributed by atoms with Gasteiger partial charge in [-0.1, -0.05) is 12.1 Å². The third-order valence-corrected chi connectivity index (χ3v) is 4.77. The number of nitrogens with one attached hydrogen (secondary N) is 2. The number of halogens is 3. The van der Waals surface area contributed by atoms with Gasteiger partial charge in [0.1, 0.15) is 17.2 Å². The van der Waals surface area contributed by atoms with Crippen LogP contribution in [0.5, 0.6) is 0 Å². The molecule has 0 aliphatic heterocycles. The standard InChI is InChI=1S/C18H23F2N3OS.HI/c1-3-21-17(23-12-18(2,24)16-5-4-10-25-16)22-9-8-13-6-7-14(19)11-15(13)20;/h4-7,10-11,24H,3,8-9,12H2,1-2H3,(H2,21,22,23);1H. The highest BCUT2D eigenvalue weighted by Crippen LogP contribution is 2.25. The lowest BCUT2D eigenvalue weighted by atomic mass is 10.1. The average molecular weight is 495 g/mol. The van der Waals surface area contributed by atoms with E-state index < -0.39 is 17.2 Å². The zero-order chi connectivity index (χ0) is 18.3. The Hall–Kier alpha value is -1.26. The molecule has 0 saturated heterocycles. The monoisotopic (exact) mass is 495 g/mol. The Kier molecular flexibility index (Phi) is 9.45. The Morgan fingerprint density at radius 3 is 2.65 bits per heavy atom. The highest BCUT2D eigenvalue weighted by Gasteiger charge is 2.23. The van der Waals surface area contributed by atoms with Crippen molar-refractivity contribution >= 4 is 41.3 Å². The van der Waals surface area contributed by atoms with Crippen molar-refractivity contribution in [1.82, 2.24) is 10.6 Å². The summed E-state index contributed by atoms with van der Waals surface area (Å²) < 4.78 is 26.6. The van der Waals surface area contributed by atoms with Gasteiger partial charge >= 0.3 is 0 Å². The molecular formula is C18H24F2IN3OS. The van der Waals surface area contributed by atoms with Gasteiger partial charge in [0, 0.05) is 24.0 Å². The molecule has 1 unspecified atom stereocenters. The molecular weight excluding hydrogens is 471 g/mol. The maximum Gasteiger partial charge on any atom is 0.191 e. The van der Waals surface area contributed by atoms with E-state index in [1.807, 2.05) is 24.4 Å². The van der Waals surface area contributed by atoms with Crippen molar-refractivity contribution in [2.24, 2.45) is 4.99 Å². The molecule has 2 rings (SSSR count). The van der Waals surface area contributed by atoms with Gasteiger partial charge in [-0.3, -0.25) is 0 Å². The molecule has 0 spiro atoms. The van der Waals surface area contributed by atoms with Crippen LogP contribution in [0.3, 0.4) is 0 Å². The molecule has 1 atom stereocenters. The maximum absolute atomic E-state index is 13.6. The second kappa shape index (κ2) is 10.8. The summed E-state index contributed by atoms with van der Waals surface area (Å²) in [6.07, 6.45) is 0.401. The third-order valence-electron chi connectivity index (χ3n) is 3.64. The number of aliphatic hydroxyl groups is 1. The van der Waals surface area contributed by atoms with Gasteiger partial charge in [-0.05, 0) is 43.3 Å². The summed E-state index contributed by atoms with van der Waals surface area (Å²) in [4.78, 5) is 5.25. The number of rotatable bonds is 7. The lowest BCUT2D eigenvalue weighted by molar-refractivity contribution is 0.0711. The van der Waals surface area contributed by atoms with Crippen LogP contribution in [0.4, 0.5) is 8.78 Å². The molecule has 4 nitrogen and oxygen atoms in total. The molecule has 0 radical (unpaired) electrons. The lowest BCUT2D eigenvalue weighted by Gasteiger charge is -2.20. The van der Waals surface area contributed by atoms with Crippen LogP contribution in [0.1, 0.15) is 24.3 Å². The van der Waals surface area contributed by atoms with Gasteiger partial charge in [0.15, 0.2) is 5.96 Å². The number of hydrogen-bond acceptors (Lipinski definition) is 3. The first kappa shape index (κ1) is 22.8. The van der Waals surface area contributed by atoms with Crippen molar-refractivity contribution in [3.05, 3.63) is 57.8 Å².